The fraction of sp³-hybridized carbons (Fsp3) is 0.364. The van der Waals surface area contributed by atoms with E-state index in [9.17, 15) is 9.59 Å². The zero-order valence-corrected chi connectivity index (χ0v) is 19.0. The number of nitrogens with one attached hydrogen (secondary N) is 1. The summed E-state index contributed by atoms with van der Waals surface area (Å²) in [6, 6.07) is 8.77. The second-order valence-corrected chi connectivity index (χ2v) is 7.43. The van der Waals surface area contributed by atoms with Crippen LogP contribution in [0.15, 0.2) is 34.8 Å². The molecule has 0 bridgehead atoms. The van der Waals surface area contributed by atoms with Crippen molar-refractivity contribution >= 4 is 27.8 Å². The lowest BCUT2D eigenvalue weighted by Crippen LogP contribution is -2.30. The number of esters is 1. The molecule has 1 amide bonds. The smallest absolute Gasteiger partial charge is 0.338 e. The van der Waals surface area contributed by atoms with Crippen LogP contribution in [-0.4, -0.2) is 52.0 Å². The average Bonchev–Trinajstić information content (AvgIpc) is 2.77. The molecule has 0 fully saturated rings. The molecule has 1 aliphatic heterocycles. The fourth-order valence-corrected chi connectivity index (χ4v) is 3.61. The van der Waals surface area contributed by atoms with Gasteiger partial charge in [-0.15, -0.1) is 0 Å². The quantitative estimate of drug-likeness (QED) is 0.536. The van der Waals surface area contributed by atoms with Crippen LogP contribution < -0.4 is 24.3 Å². The lowest BCUT2D eigenvalue weighted by molar-refractivity contribution is -0.124. The molecular formula is C22H24BrNO7. The highest BCUT2D eigenvalue weighted by Gasteiger charge is 2.17. The van der Waals surface area contributed by atoms with Crippen molar-refractivity contribution in [2.75, 3.05) is 40.1 Å². The van der Waals surface area contributed by atoms with Gasteiger partial charge in [0.2, 0.25) is 0 Å². The SMILES string of the molecule is CCOc1cc(C(=O)OCC(=O)NCCc2ccc3c(c2)OCCO3)cc(Br)c1OC. The highest BCUT2D eigenvalue weighted by Crippen LogP contribution is 2.36. The van der Waals surface area contributed by atoms with Gasteiger partial charge >= 0.3 is 5.97 Å². The molecule has 8 nitrogen and oxygen atoms in total. The first-order chi connectivity index (χ1) is 15.0. The van der Waals surface area contributed by atoms with Crippen molar-refractivity contribution in [3.05, 3.63) is 45.9 Å². The number of carbonyl (C=O) groups excluding carboxylic acids is 2. The van der Waals surface area contributed by atoms with Crippen LogP contribution in [0, 0.1) is 0 Å². The minimum Gasteiger partial charge on any atom is -0.492 e. The van der Waals surface area contributed by atoms with Gasteiger partial charge in [0, 0.05) is 6.54 Å². The molecule has 9 heteroatoms. The molecule has 1 N–H and O–H groups in total. The molecule has 0 spiro atoms. The molecule has 1 aliphatic rings. The standard InChI is InChI=1S/C22H24BrNO7/c1-3-28-19-12-15(11-16(23)21(19)27-2)22(26)31-13-20(25)24-7-6-14-4-5-17-18(10-14)30-9-8-29-17/h4-5,10-12H,3,6-9,13H2,1-2H3,(H,24,25). The van der Waals surface area contributed by atoms with E-state index in [1.807, 2.05) is 25.1 Å². The largest absolute Gasteiger partial charge is 0.492 e. The van der Waals surface area contributed by atoms with E-state index in [2.05, 4.69) is 21.2 Å². The Hall–Kier alpha value is -2.94. The van der Waals surface area contributed by atoms with Gasteiger partial charge in [0.05, 0.1) is 23.8 Å². The molecule has 0 aromatic heterocycles. The van der Waals surface area contributed by atoms with E-state index in [0.717, 1.165) is 11.3 Å². The van der Waals surface area contributed by atoms with Gasteiger partial charge in [0.1, 0.15) is 13.2 Å². The highest BCUT2D eigenvalue weighted by molar-refractivity contribution is 9.10. The minimum atomic E-state index is -0.633. The molecule has 0 atom stereocenters. The number of amides is 1. The summed E-state index contributed by atoms with van der Waals surface area (Å²) in [5, 5.41) is 2.74. The lowest BCUT2D eigenvalue weighted by Gasteiger charge is -2.18. The van der Waals surface area contributed by atoms with Gasteiger partial charge in [-0.1, -0.05) is 6.07 Å². The number of benzene rings is 2. The number of hydrogen-bond donors (Lipinski definition) is 1. The molecule has 31 heavy (non-hydrogen) atoms. The third kappa shape index (κ3) is 6.04. The summed E-state index contributed by atoms with van der Waals surface area (Å²) in [5.41, 5.74) is 1.26. The number of methoxy groups -OCH3 is 1. The van der Waals surface area contributed by atoms with Crippen LogP contribution in [0.25, 0.3) is 0 Å². The molecule has 2 aromatic rings. The Morgan fingerprint density at radius 2 is 1.90 bits per heavy atom. The summed E-state index contributed by atoms with van der Waals surface area (Å²) < 4.78 is 27.5. The Bertz CT molecular complexity index is 948. The number of fused-ring (bicyclic) bond motifs is 1. The zero-order chi connectivity index (χ0) is 22.2. The fourth-order valence-electron chi connectivity index (χ4n) is 3.00. The van der Waals surface area contributed by atoms with Crippen molar-refractivity contribution in [1.29, 1.82) is 0 Å². The second-order valence-electron chi connectivity index (χ2n) is 6.58. The summed E-state index contributed by atoms with van der Waals surface area (Å²) >= 11 is 3.35. The van der Waals surface area contributed by atoms with Crippen molar-refractivity contribution in [2.24, 2.45) is 0 Å². The predicted molar refractivity (Wildman–Crippen MR) is 116 cm³/mol. The lowest BCUT2D eigenvalue weighted by atomic mass is 10.1. The maximum atomic E-state index is 12.3. The van der Waals surface area contributed by atoms with Crippen LogP contribution in [0.5, 0.6) is 23.0 Å². The molecule has 2 aromatic carbocycles. The zero-order valence-electron chi connectivity index (χ0n) is 17.4. The predicted octanol–water partition coefficient (Wildman–Crippen LogP) is 3.14. The van der Waals surface area contributed by atoms with E-state index < -0.39 is 5.97 Å². The van der Waals surface area contributed by atoms with Crippen LogP contribution in [-0.2, 0) is 16.0 Å². The monoisotopic (exact) mass is 493 g/mol. The van der Waals surface area contributed by atoms with E-state index >= 15 is 0 Å². The number of ether oxygens (including phenoxy) is 5. The van der Waals surface area contributed by atoms with Crippen LogP contribution >= 0.6 is 15.9 Å². The topological polar surface area (TPSA) is 92.3 Å². The summed E-state index contributed by atoms with van der Waals surface area (Å²) in [6.07, 6.45) is 0.611. The van der Waals surface area contributed by atoms with E-state index in [1.165, 1.54) is 13.2 Å². The normalized spacial score (nSPS) is 12.1. The number of hydrogen-bond acceptors (Lipinski definition) is 7. The summed E-state index contributed by atoms with van der Waals surface area (Å²) in [4.78, 5) is 24.4. The van der Waals surface area contributed by atoms with E-state index in [4.69, 9.17) is 23.7 Å². The first-order valence-corrected chi connectivity index (χ1v) is 10.6. The maximum Gasteiger partial charge on any atom is 0.338 e. The summed E-state index contributed by atoms with van der Waals surface area (Å²) in [6.45, 7) is 3.32. The van der Waals surface area contributed by atoms with Gasteiger partial charge in [-0.3, -0.25) is 4.79 Å². The Labute approximate surface area is 188 Å². The Morgan fingerprint density at radius 3 is 2.65 bits per heavy atom. The van der Waals surface area contributed by atoms with Gasteiger partial charge in [0.15, 0.2) is 29.6 Å². The molecule has 0 radical (unpaired) electrons. The molecular weight excluding hydrogens is 470 g/mol. The molecule has 0 saturated heterocycles. The van der Waals surface area contributed by atoms with Gasteiger partial charge in [-0.25, -0.2) is 4.79 Å². The number of rotatable bonds is 9. The van der Waals surface area contributed by atoms with Crippen LogP contribution in [0.1, 0.15) is 22.8 Å². The summed E-state index contributed by atoms with van der Waals surface area (Å²) in [5.74, 6) is 1.31. The molecule has 3 rings (SSSR count). The van der Waals surface area contributed by atoms with E-state index in [1.54, 1.807) is 6.07 Å². The third-order valence-electron chi connectivity index (χ3n) is 4.43. The Morgan fingerprint density at radius 1 is 1.13 bits per heavy atom. The van der Waals surface area contributed by atoms with Crippen molar-refractivity contribution < 1.29 is 33.3 Å². The van der Waals surface area contributed by atoms with Gasteiger partial charge < -0.3 is 29.0 Å². The molecule has 0 saturated carbocycles. The van der Waals surface area contributed by atoms with Gasteiger partial charge in [-0.2, -0.15) is 0 Å². The van der Waals surface area contributed by atoms with Gasteiger partial charge in [0.25, 0.3) is 5.91 Å². The van der Waals surface area contributed by atoms with Crippen LogP contribution in [0.4, 0.5) is 0 Å². The number of carbonyl (C=O) groups is 2. The van der Waals surface area contributed by atoms with Crippen molar-refractivity contribution in [3.63, 3.8) is 0 Å². The van der Waals surface area contributed by atoms with Crippen LogP contribution in [0.3, 0.4) is 0 Å². The van der Waals surface area contributed by atoms with E-state index in [0.29, 0.717) is 54.5 Å². The molecule has 0 aliphatic carbocycles. The third-order valence-corrected chi connectivity index (χ3v) is 5.02. The molecule has 1 heterocycles. The highest BCUT2D eigenvalue weighted by atomic mass is 79.9. The van der Waals surface area contributed by atoms with E-state index in [-0.39, 0.29) is 18.1 Å². The van der Waals surface area contributed by atoms with Crippen molar-refractivity contribution in [1.82, 2.24) is 5.32 Å². The molecule has 166 valence electrons. The average molecular weight is 494 g/mol. The minimum absolute atomic E-state index is 0.250. The second kappa shape index (κ2) is 10.9. The van der Waals surface area contributed by atoms with Crippen molar-refractivity contribution in [2.45, 2.75) is 13.3 Å². The summed E-state index contributed by atoms with van der Waals surface area (Å²) in [7, 11) is 1.51. The molecule has 0 unspecified atom stereocenters. The van der Waals surface area contributed by atoms with Crippen molar-refractivity contribution in [3.8, 4) is 23.0 Å². The van der Waals surface area contributed by atoms with Crippen LogP contribution in [0.2, 0.25) is 0 Å². The first-order valence-electron chi connectivity index (χ1n) is 9.84. The van der Waals surface area contributed by atoms with Gasteiger partial charge in [-0.05, 0) is 59.1 Å². The number of halogens is 1. The Kier molecular flexibility index (Phi) is 8.00. The maximum absolute atomic E-state index is 12.3. The Balaban J connectivity index is 1.48. The first kappa shape index (κ1) is 22.7.